The van der Waals surface area contributed by atoms with Crippen molar-refractivity contribution >= 4 is 17.5 Å². The number of carbonyl (C=O) groups excluding carboxylic acids is 1. The molecule has 1 fully saturated rings. The highest BCUT2D eigenvalue weighted by atomic mass is 35.5. The van der Waals surface area contributed by atoms with Crippen molar-refractivity contribution in [2.45, 2.75) is 12.8 Å². The first kappa shape index (κ1) is 12.4. The van der Waals surface area contributed by atoms with Crippen LogP contribution in [0.25, 0.3) is 0 Å². The quantitative estimate of drug-likeness (QED) is 0.872. The van der Waals surface area contributed by atoms with Crippen molar-refractivity contribution in [1.29, 1.82) is 0 Å². The molecule has 4 heteroatoms. The summed E-state index contributed by atoms with van der Waals surface area (Å²) in [7, 11) is 0. The Labute approximate surface area is 106 Å². The standard InChI is InChI=1S/C13H16ClNO2/c14-12-3-1-2-10(6-12)4-5-15-13(16)7-11-8-17-9-11/h1-3,6,11H,4-5,7-9H2,(H,15,16). The molecule has 17 heavy (non-hydrogen) atoms. The molecular weight excluding hydrogens is 238 g/mol. The molecule has 0 atom stereocenters. The Morgan fingerprint density at radius 1 is 1.47 bits per heavy atom. The lowest BCUT2D eigenvalue weighted by Gasteiger charge is -2.25. The van der Waals surface area contributed by atoms with Crippen LogP contribution in [0.5, 0.6) is 0 Å². The van der Waals surface area contributed by atoms with E-state index in [1.165, 1.54) is 0 Å². The summed E-state index contributed by atoms with van der Waals surface area (Å²) in [4.78, 5) is 11.5. The van der Waals surface area contributed by atoms with E-state index in [4.69, 9.17) is 16.3 Å². The third kappa shape index (κ3) is 4.02. The molecule has 1 saturated heterocycles. The van der Waals surface area contributed by atoms with Gasteiger partial charge in [0.25, 0.3) is 0 Å². The third-order valence-electron chi connectivity index (χ3n) is 2.81. The minimum absolute atomic E-state index is 0.111. The van der Waals surface area contributed by atoms with E-state index < -0.39 is 0 Å². The van der Waals surface area contributed by atoms with E-state index in [-0.39, 0.29) is 5.91 Å². The van der Waals surface area contributed by atoms with Crippen LogP contribution in [0.15, 0.2) is 24.3 Å². The molecule has 1 aromatic rings. The Morgan fingerprint density at radius 3 is 2.94 bits per heavy atom. The summed E-state index contributed by atoms with van der Waals surface area (Å²) in [5.41, 5.74) is 1.14. The summed E-state index contributed by atoms with van der Waals surface area (Å²) in [6.45, 7) is 2.11. The van der Waals surface area contributed by atoms with Crippen molar-refractivity contribution in [3.8, 4) is 0 Å². The van der Waals surface area contributed by atoms with Gasteiger partial charge in [0.2, 0.25) is 5.91 Å². The number of ether oxygens (including phenoxy) is 1. The Bertz CT molecular complexity index is 391. The van der Waals surface area contributed by atoms with E-state index in [1.54, 1.807) is 0 Å². The van der Waals surface area contributed by atoms with Crippen LogP contribution in [0.2, 0.25) is 5.02 Å². The van der Waals surface area contributed by atoms with Crippen molar-refractivity contribution in [1.82, 2.24) is 5.32 Å². The number of amides is 1. The van der Waals surface area contributed by atoms with Crippen molar-refractivity contribution in [3.63, 3.8) is 0 Å². The fourth-order valence-electron chi connectivity index (χ4n) is 1.78. The Hall–Kier alpha value is -1.06. The van der Waals surface area contributed by atoms with Crippen LogP contribution in [0.4, 0.5) is 0 Å². The second kappa shape index (κ2) is 6.03. The van der Waals surface area contributed by atoms with Crippen molar-refractivity contribution in [2.75, 3.05) is 19.8 Å². The van der Waals surface area contributed by atoms with Crippen molar-refractivity contribution < 1.29 is 9.53 Å². The maximum atomic E-state index is 11.5. The fourth-order valence-corrected chi connectivity index (χ4v) is 1.99. The summed E-state index contributed by atoms with van der Waals surface area (Å²) in [6.07, 6.45) is 1.39. The molecule has 3 nitrogen and oxygen atoms in total. The topological polar surface area (TPSA) is 38.3 Å². The van der Waals surface area contributed by atoms with Gasteiger partial charge in [-0.3, -0.25) is 4.79 Å². The fraction of sp³-hybridized carbons (Fsp3) is 0.462. The summed E-state index contributed by atoms with van der Waals surface area (Å²) < 4.78 is 5.03. The van der Waals surface area contributed by atoms with Crippen LogP contribution < -0.4 is 5.32 Å². The number of nitrogens with one attached hydrogen (secondary N) is 1. The molecule has 1 aliphatic rings. The normalized spacial score (nSPS) is 15.4. The van der Waals surface area contributed by atoms with Gasteiger partial charge in [-0.05, 0) is 24.1 Å². The molecular formula is C13H16ClNO2. The van der Waals surface area contributed by atoms with Crippen LogP contribution in [0, 0.1) is 5.92 Å². The monoisotopic (exact) mass is 253 g/mol. The first-order chi connectivity index (χ1) is 8.24. The predicted molar refractivity (Wildman–Crippen MR) is 67.1 cm³/mol. The average Bonchev–Trinajstić information content (AvgIpc) is 2.24. The lowest BCUT2D eigenvalue weighted by atomic mass is 10.0. The minimum atomic E-state index is 0.111. The summed E-state index contributed by atoms with van der Waals surface area (Å²) in [6, 6.07) is 7.71. The van der Waals surface area contributed by atoms with Gasteiger partial charge in [0.15, 0.2) is 0 Å². The van der Waals surface area contributed by atoms with E-state index in [0.717, 1.165) is 30.2 Å². The highest BCUT2D eigenvalue weighted by Crippen LogP contribution is 2.14. The zero-order valence-electron chi connectivity index (χ0n) is 9.62. The van der Waals surface area contributed by atoms with Gasteiger partial charge >= 0.3 is 0 Å². The number of hydrogen-bond acceptors (Lipinski definition) is 2. The molecule has 1 amide bonds. The summed E-state index contributed by atoms with van der Waals surface area (Å²) in [5.74, 6) is 0.529. The van der Waals surface area contributed by atoms with Crippen LogP contribution in [0.3, 0.4) is 0 Å². The van der Waals surface area contributed by atoms with E-state index in [0.29, 0.717) is 18.9 Å². The van der Waals surface area contributed by atoms with E-state index in [9.17, 15) is 4.79 Å². The number of hydrogen-bond donors (Lipinski definition) is 1. The highest BCUT2D eigenvalue weighted by molar-refractivity contribution is 6.30. The van der Waals surface area contributed by atoms with Gasteiger partial charge < -0.3 is 10.1 Å². The lowest BCUT2D eigenvalue weighted by Crippen LogP contribution is -2.35. The third-order valence-corrected chi connectivity index (χ3v) is 3.04. The van der Waals surface area contributed by atoms with E-state index in [2.05, 4.69) is 5.32 Å². The van der Waals surface area contributed by atoms with E-state index >= 15 is 0 Å². The number of benzene rings is 1. The zero-order valence-corrected chi connectivity index (χ0v) is 10.4. The molecule has 92 valence electrons. The van der Waals surface area contributed by atoms with Crippen molar-refractivity contribution in [2.24, 2.45) is 5.92 Å². The van der Waals surface area contributed by atoms with Gasteiger partial charge in [-0.2, -0.15) is 0 Å². The van der Waals surface area contributed by atoms with E-state index in [1.807, 2.05) is 24.3 Å². The number of rotatable bonds is 5. The molecule has 0 aromatic heterocycles. The molecule has 1 aliphatic heterocycles. The predicted octanol–water partition coefficient (Wildman–Crippen LogP) is 2.04. The van der Waals surface area contributed by atoms with Gasteiger partial charge in [-0.15, -0.1) is 0 Å². The Balaban J connectivity index is 1.66. The zero-order chi connectivity index (χ0) is 12.1. The Kier molecular flexibility index (Phi) is 4.40. The van der Waals surface area contributed by atoms with Gasteiger partial charge in [0.1, 0.15) is 0 Å². The number of halogens is 1. The van der Waals surface area contributed by atoms with Crippen molar-refractivity contribution in [3.05, 3.63) is 34.9 Å². The minimum Gasteiger partial charge on any atom is -0.381 e. The Morgan fingerprint density at radius 2 is 2.29 bits per heavy atom. The smallest absolute Gasteiger partial charge is 0.220 e. The summed E-state index contributed by atoms with van der Waals surface area (Å²) >= 11 is 5.88. The molecule has 1 heterocycles. The first-order valence-electron chi connectivity index (χ1n) is 5.83. The van der Waals surface area contributed by atoms with Gasteiger partial charge in [-0.25, -0.2) is 0 Å². The molecule has 0 radical (unpaired) electrons. The number of carbonyl (C=O) groups is 1. The maximum Gasteiger partial charge on any atom is 0.220 e. The molecule has 0 spiro atoms. The largest absolute Gasteiger partial charge is 0.381 e. The lowest BCUT2D eigenvalue weighted by molar-refractivity contribution is -0.126. The van der Waals surface area contributed by atoms with Crippen LogP contribution in [0.1, 0.15) is 12.0 Å². The van der Waals surface area contributed by atoms with Gasteiger partial charge in [0, 0.05) is 23.9 Å². The van der Waals surface area contributed by atoms with Crippen LogP contribution in [-0.2, 0) is 16.0 Å². The maximum absolute atomic E-state index is 11.5. The highest BCUT2D eigenvalue weighted by Gasteiger charge is 2.21. The second-order valence-corrected chi connectivity index (χ2v) is 4.77. The van der Waals surface area contributed by atoms with Gasteiger partial charge in [0.05, 0.1) is 13.2 Å². The van der Waals surface area contributed by atoms with Crippen LogP contribution >= 0.6 is 11.6 Å². The second-order valence-electron chi connectivity index (χ2n) is 4.34. The molecule has 1 N–H and O–H groups in total. The molecule has 0 saturated carbocycles. The molecule has 0 aliphatic carbocycles. The van der Waals surface area contributed by atoms with Crippen LogP contribution in [-0.4, -0.2) is 25.7 Å². The van der Waals surface area contributed by atoms with Gasteiger partial charge in [-0.1, -0.05) is 23.7 Å². The molecule has 0 bridgehead atoms. The SMILES string of the molecule is O=C(CC1COC1)NCCc1cccc(Cl)c1. The average molecular weight is 254 g/mol. The molecule has 1 aromatic carbocycles. The first-order valence-corrected chi connectivity index (χ1v) is 6.21. The molecule has 2 rings (SSSR count). The summed E-state index contributed by atoms with van der Waals surface area (Å²) in [5, 5.41) is 3.65. The molecule has 0 unspecified atom stereocenters.